The van der Waals surface area contributed by atoms with Crippen molar-refractivity contribution >= 4 is 11.8 Å². The van der Waals surface area contributed by atoms with Crippen molar-refractivity contribution in [1.82, 2.24) is 0 Å². The number of thioether (sulfide) groups is 1. The first kappa shape index (κ1) is 10.5. The fourth-order valence-corrected chi connectivity index (χ4v) is 1.75. The SMILES string of the molecule is CC(CN)SCc1ccccc1F. The molecule has 0 heterocycles. The third-order valence-corrected chi connectivity index (χ3v) is 3.05. The molecule has 13 heavy (non-hydrogen) atoms. The van der Waals surface area contributed by atoms with Crippen molar-refractivity contribution in [2.45, 2.75) is 17.9 Å². The van der Waals surface area contributed by atoms with Crippen molar-refractivity contribution in [3.63, 3.8) is 0 Å². The van der Waals surface area contributed by atoms with Gasteiger partial charge in [0, 0.05) is 17.5 Å². The average molecular weight is 199 g/mol. The molecule has 1 aromatic carbocycles. The van der Waals surface area contributed by atoms with Gasteiger partial charge in [-0.05, 0) is 11.6 Å². The van der Waals surface area contributed by atoms with Gasteiger partial charge in [0.05, 0.1) is 0 Å². The molecule has 0 aromatic heterocycles. The van der Waals surface area contributed by atoms with Crippen LogP contribution in [0.4, 0.5) is 4.39 Å². The van der Waals surface area contributed by atoms with Gasteiger partial charge in [-0.3, -0.25) is 0 Å². The molecule has 0 bridgehead atoms. The number of hydrogen-bond donors (Lipinski definition) is 1. The van der Waals surface area contributed by atoms with Gasteiger partial charge in [-0.25, -0.2) is 4.39 Å². The predicted molar refractivity (Wildman–Crippen MR) is 56.2 cm³/mol. The zero-order valence-electron chi connectivity index (χ0n) is 7.66. The Bertz CT molecular complexity index is 265. The molecule has 0 saturated heterocycles. The lowest BCUT2D eigenvalue weighted by atomic mass is 10.2. The molecule has 1 nitrogen and oxygen atoms in total. The average Bonchev–Trinajstić information content (AvgIpc) is 2.16. The van der Waals surface area contributed by atoms with Gasteiger partial charge in [0.25, 0.3) is 0 Å². The van der Waals surface area contributed by atoms with E-state index in [-0.39, 0.29) is 5.82 Å². The van der Waals surface area contributed by atoms with Crippen LogP contribution in [0, 0.1) is 5.82 Å². The summed E-state index contributed by atoms with van der Waals surface area (Å²) in [4.78, 5) is 0. The van der Waals surface area contributed by atoms with Crippen molar-refractivity contribution in [1.29, 1.82) is 0 Å². The second-order valence-corrected chi connectivity index (χ2v) is 4.38. The highest BCUT2D eigenvalue weighted by Gasteiger charge is 2.03. The largest absolute Gasteiger partial charge is 0.329 e. The van der Waals surface area contributed by atoms with Gasteiger partial charge in [0.2, 0.25) is 0 Å². The minimum Gasteiger partial charge on any atom is -0.329 e. The molecular weight excluding hydrogens is 185 g/mol. The number of halogens is 1. The molecule has 1 aromatic rings. The molecule has 72 valence electrons. The van der Waals surface area contributed by atoms with Crippen molar-refractivity contribution in [2.75, 3.05) is 6.54 Å². The minimum absolute atomic E-state index is 0.126. The molecule has 1 unspecified atom stereocenters. The highest BCUT2D eigenvalue weighted by molar-refractivity contribution is 7.99. The summed E-state index contributed by atoms with van der Waals surface area (Å²) in [6.07, 6.45) is 0. The molecule has 0 aliphatic carbocycles. The standard InChI is InChI=1S/C10H14FNS/c1-8(6-12)13-7-9-4-2-3-5-10(9)11/h2-5,8H,6-7,12H2,1H3. The third kappa shape index (κ3) is 3.36. The van der Waals surface area contributed by atoms with Crippen LogP contribution in [0.2, 0.25) is 0 Å². The van der Waals surface area contributed by atoms with Crippen molar-refractivity contribution in [3.8, 4) is 0 Å². The molecule has 0 aliphatic rings. The number of rotatable bonds is 4. The maximum absolute atomic E-state index is 13.1. The Morgan fingerprint density at radius 1 is 1.46 bits per heavy atom. The summed E-state index contributed by atoms with van der Waals surface area (Å²) in [5.41, 5.74) is 6.22. The van der Waals surface area contributed by atoms with Gasteiger partial charge in [0.15, 0.2) is 0 Å². The molecule has 1 atom stereocenters. The Morgan fingerprint density at radius 2 is 2.15 bits per heavy atom. The molecule has 0 amide bonds. The normalized spacial score (nSPS) is 12.8. The Balaban J connectivity index is 2.50. The molecule has 1 rings (SSSR count). The first-order valence-corrected chi connectivity index (χ1v) is 5.34. The molecule has 0 spiro atoms. The minimum atomic E-state index is -0.126. The lowest BCUT2D eigenvalue weighted by Gasteiger charge is -2.08. The lowest BCUT2D eigenvalue weighted by Crippen LogP contribution is -2.12. The molecular formula is C10H14FNS. The van der Waals surface area contributed by atoms with Crippen molar-refractivity contribution in [2.24, 2.45) is 5.73 Å². The highest BCUT2D eigenvalue weighted by atomic mass is 32.2. The van der Waals surface area contributed by atoms with E-state index in [0.29, 0.717) is 17.5 Å². The molecule has 0 saturated carbocycles. The zero-order chi connectivity index (χ0) is 9.68. The fourth-order valence-electron chi connectivity index (χ4n) is 0.916. The van der Waals surface area contributed by atoms with E-state index in [1.807, 2.05) is 19.1 Å². The van der Waals surface area contributed by atoms with Crippen LogP contribution in [0.5, 0.6) is 0 Å². The molecule has 0 radical (unpaired) electrons. The van der Waals surface area contributed by atoms with Crippen molar-refractivity contribution in [3.05, 3.63) is 35.6 Å². The van der Waals surface area contributed by atoms with E-state index in [4.69, 9.17) is 5.73 Å². The first-order valence-electron chi connectivity index (χ1n) is 4.29. The van der Waals surface area contributed by atoms with Gasteiger partial charge < -0.3 is 5.73 Å². The van der Waals surface area contributed by atoms with Gasteiger partial charge >= 0.3 is 0 Å². The van der Waals surface area contributed by atoms with Gasteiger partial charge in [-0.15, -0.1) is 0 Å². The fraction of sp³-hybridized carbons (Fsp3) is 0.400. The summed E-state index contributed by atoms with van der Waals surface area (Å²) in [5, 5.41) is 0.389. The molecule has 2 N–H and O–H groups in total. The lowest BCUT2D eigenvalue weighted by molar-refractivity contribution is 0.617. The van der Waals surface area contributed by atoms with Gasteiger partial charge in [-0.1, -0.05) is 25.1 Å². The quantitative estimate of drug-likeness (QED) is 0.806. The Morgan fingerprint density at radius 3 is 2.77 bits per heavy atom. The Labute approximate surface area is 82.5 Å². The topological polar surface area (TPSA) is 26.0 Å². The predicted octanol–water partition coefficient (Wildman–Crippen LogP) is 2.41. The number of benzene rings is 1. The molecule has 0 aliphatic heterocycles. The summed E-state index contributed by atoms with van der Waals surface area (Å²) < 4.78 is 13.1. The van der Waals surface area contributed by atoms with E-state index in [2.05, 4.69) is 0 Å². The smallest absolute Gasteiger partial charge is 0.127 e. The van der Waals surface area contributed by atoms with Crippen LogP contribution in [0.25, 0.3) is 0 Å². The van der Waals surface area contributed by atoms with Crippen LogP contribution in [0.3, 0.4) is 0 Å². The second-order valence-electron chi connectivity index (χ2n) is 2.95. The number of nitrogens with two attached hydrogens (primary N) is 1. The summed E-state index contributed by atoms with van der Waals surface area (Å²) in [7, 11) is 0. The first-order chi connectivity index (χ1) is 6.24. The highest BCUT2D eigenvalue weighted by Crippen LogP contribution is 2.18. The van der Waals surface area contributed by atoms with E-state index in [9.17, 15) is 4.39 Å². The molecule has 0 fully saturated rings. The van der Waals surface area contributed by atoms with Gasteiger partial charge in [0.1, 0.15) is 5.82 Å². The van der Waals surface area contributed by atoms with Crippen LogP contribution in [0.1, 0.15) is 12.5 Å². The Kier molecular flexibility index (Phi) is 4.25. The van der Waals surface area contributed by atoms with Crippen LogP contribution in [-0.2, 0) is 5.75 Å². The van der Waals surface area contributed by atoms with Crippen LogP contribution in [-0.4, -0.2) is 11.8 Å². The van der Waals surface area contributed by atoms with Crippen LogP contribution < -0.4 is 5.73 Å². The van der Waals surface area contributed by atoms with Gasteiger partial charge in [-0.2, -0.15) is 11.8 Å². The van der Waals surface area contributed by atoms with Crippen molar-refractivity contribution < 1.29 is 4.39 Å². The van der Waals surface area contributed by atoms with E-state index in [0.717, 1.165) is 5.56 Å². The number of hydrogen-bond acceptors (Lipinski definition) is 2. The Hall–Kier alpha value is -0.540. The zero-order valence-corrected chi connectivity index (χ0v) is 8.48. The van der Waals surface area contributed by atoms with Crippen LogP contribution in [0.15, 0.2) is 24.3 Å². The van der Waals surface area contributed by atoms with E-state index < -0.39 is 0 Å². The van der Waals surface area contributed by atoms with E-state index in [1.54, 1.807) is 17.8 Å². The van der Waals surface area contributed by atoms with E-state index in [1.165, 1.54) is 6.07 Å². The summed E-state index contributed by atoms with van der Waals surface area (Å²) in [5.74, 6) is 0.574. The maximum atomic E-state index is 13.1. The summed E-state index contributed by atoms with van der Waals surface area (Å²) in [6, 6.07) is 6.86. The maximum Gasteiger partial charge on any atom is 0.127 e. The van der Waals surface area contributed by atoms with E-state index >= 15 is 0 Å². The second kappa shape index (κ2) is 5.25. The summed E-state index contributed by atoms with van der Waals surface area (Å²) in [6.45, 7) is 2.69. The van der Waals surface area contributed by atoms with Crippen LogP contribution >= 0.6 is 11.8 Å². The molecule has 3 heteroatoms. The summed E-state index contributed by atoms with van der Waals surface area (Å²) >= 11 is 1.68. The third-order valence-electron chi connectivity index (χ3n) is 1.81. The monoisotopic (exact) mass is 199 g/mol.